The summed E-state index contributed by atoms with van der Waals surface area (Å²) in [4.78, 5) is 6.06. The monoisotopic (exact) mass is 335 g/mol. The molecule has 4 heteroatoms. The van der Waals surface area contributed by atoms with E-state index in [9.17, 15) is 0 Å². The lowest BCUT2D eigenvalue weighted by Gasteiger charge is -2.45. The Morgan fingerprint density at radius 1 is 1.32 bits per heavy atom. The lowest BCUT2D eigenvalue weighted by molar-refractivity contribution is 0.111. The van der Waals surface area contributed by atoms with Crippen molar-refractivity contribution in [3.05, 3.63) is 52.5 Å². The van der Waals surface area contributed by atoms with E-state index in [-0.39, 0.29) is 0 Å². The maximum Gasteiger partial charge on any atom is 0.137 e. The van der Waals surface area contributed by atoms with Crippen molar-refractivity contribution in [1.82, 2.24) is 15.0 Å². The van der Waals surface area contributed by atoms with Gasteiger partial charge in [0.25, 0.3) is 0 Å². The molecule has 5 rings (SSSR count). The number of fused-ring (bicyclic) bond motifs is 2. The van der Waals surface area contributed by atoms with Crippen LogP contribution in [0.5, 0.6) is 0 Å². The maximum absolute atomic E-state index is 5.39. The largest absolute Gasteiger partial charge is 0.361 e. The van der Waals surface area contributed by atoms with Gasteiger partial charge in [-0.2, -0.15) is 0 Å². The molecule has 1 N–H and O–H groups in total. The minimum absolute atomic E-state index is 0.620. The van der Waals surface area contributed by atoms with Gasteiger partial charge in [0, 0.05) is 41.2 Å². The number of nitrogens with one attached hydrogen (secondary N) is 1. The second kappa shape index (κ2) is 5.46. The molecule has 25 heavy (non-hydrogen) atoms. The molecule has 4 nitrogen and oxygen atoms in total. The number of aromatic amines is 1. The van der Waals surface area contributed by atoms with Crippen LogP contribution in [0, 0.1) is 19.8 Å². The molecule has 1 aliphatic carbocycles. The number of H-pyrrole nitrogens is 1. The number of hydrogen-bond acceptors (Lipinski definition) is 3. The summed E-state index contributed by atoms with van der Waals surface area (Å²) >= 11 is 0. The van der Waals surface area contributed by atoms with Crippen LogP contribution in [0.25, 0.3) is 10.9 Å². The molecule has 2 aliphatic rings. The van der Waals surface area contributed by atoms with Gasteiger partial charge in [0.15, 0.2) is 0 Å². The van der Waals surface area contributed by atoms with Gasteiger partial charge in [-0.15, -0.1) is 0 Å². The number of nitrogens with zero attached hydrogens (tertiary/aromatic N) is 2. The van der Waals surface area contributed by atoms with Crippen LogP contribution in [-0.4, -0.2) is 34.7 Å². The molecule has 3 atom stereocenters. The predicted octanol–water partition coefficient (Wildman–Crippen LogP) is 3.98. The number of likely N-dealkylation sites (N-methyl/N-ethyl adjacent to an activating group) is 1. The third-order valence-corrected chi connectivity index (χ3v) is 6.49. The van der Waals surface area contributed by atoms with E-state index in [1.165, 1.54) is 28.5 Å². The molecule has 1 fully saturated rings. The number of hydrogen-bond donors (Lipinski definition) is 1. The first-order valence-electron chi connectivity index (χ1n) is 9.32. The summed E-state index contributed by atoms with van der Waals surface area (Å²) in [6.45, 7) is 5.26. The highest BCUT2D eigenvalue weighted by molar-refractivity contribution is 5.88. The summed E-state index contributed by atoms with van der Waals surface area (Å²) in [6.07, 6.45) is 5.71. The average molecular weight is 335 g/mol. The Morgan fingerprint density at radius 2 is 2.20 bits per heavy atom. The zero-order valence-corrected chi connectivity index (χ0v) is 15.2. The fourth-order valence-corrected chi connectivity index (χ4v) is 5.28. The smallest absolute Gasteiger partial charge is 0.137 e. The Bertz CT molecular complexity index is 918. The predicted molar refractivity (Wildman–Crippen MR) is 98.9 cm³/mol. The highest BCUT2D eigenvalue weighted by Crippen LogP contribution is 2.45. The number of aromatic nitrogens is 2. The molecule has 2 aromatic heterocycles. The summed E-state index contributed by atoms with van der Waals surface area (Å²) in [5.41, 5.74) is 6.69. The van der Waals surface area contributed by atoms with Crippen LogP contribution in [0.3, 0.4) is 0 Å². The van der Waals surface area contributed by atoms with E-state index in [2.05, 4.69) is 53.4 Å². The first kappa shape index (κ1) is 15.2. The Balaban J connectivity index is 1.50. The molecule has 3 aromatic rings. The van der Waals surface area contributed by atoms with Gasteiger partial charge >= 0.3 is 0 Å². The van der Waals surface area contributed by atoms with E-state index in [1.54, 1.807) is 5.56 Å². The molecule has 1 aliphatic heterocycles. The van der Waals surface area contributed by atoms with E-state index in [0.717, 1.165) is 30.8 Å². The minimum Gasteiger partial charge on any atom is -0.361 e. The van der Waals surface area contributed by atoms with Crippen molar-refractivity contribution in [3.8, 4) is 0 Å². The maximum atomic E-state index is 5.39. The topological polar surface area (TPSA) is 45.1 Å². The lowest BCUT2D eigenvalue weighted by atomic mass is 9.71. The van der Waals surface area contributed by atoms with Crippen LogP contribution in [0.15, 0.2) is 28.9 Å². The Labute approximate surface area is 148 Å². The van der Waals surface area contributed by atoms with Gasteiger partial charge in [0.1, 0.15) is 5.76 Å². The van der Waals surface area contributed by atoms with Gasteiger partial charge in [-0.05, 0) is 63.3 Å². The summed E-state index contributed by atoms with van der Waals surface area (Å²) in [6, 6.07) is 7.38. The van der Waals surface area contributed by atoms with Crippen molar-refractivity contribution in [2.45, 2.75) is 45.1 Å². The van der Waals surface area contributed by atoms with E-state index >= 15 is 0 Å². The minimum atomic E-state index is 0.620. The molecule has 0 amide bonds. The van der Waals surface area contributed by atoms with Crippen molar-refractivity contribution in [1.29, 1.82) is 0 Å². The first-order chi connectivity index (χ1) is 12.1. The van der Waals surface area contributed by atoms with Gasteiger partial charge in [-0.3, -0.25) is 0 Å². The van der Waals surface area contributed by atoms with Crippen molar-refractivity contribution in [2.24, 2.45) is 5.92 Å². The second-order valence-electron chi connectivity index (χ2n) is 8.01. The van der Waals surface area contributed by atoms with Crippen molar-refractivity contribution in [3.63, 3.8) is 0 Å². The van der Waals surface area contributed by atoms with E-state index in [0.29, 0.717) is 17.9 Å². The van der Waals surface area contributed by atoms with Crippen molar-refractivity contribution in [2.75, 3.05) is 13.6 Å². The molecule has 0 radical (unpaired) electrons. The normalized spacial score (nSPS) is 26.1. The van der Waals surface area contributed by atoms with Gasteiger partial charge < -0.3 is 14.4 Å². The van der Waals surface area contributed by atoms with E-state index < -0.39 is 0 Å². The molecule has 1 saturated heterocycles. The molecule has 0 spiro atoms. The third kappa shape index (κ3) is 2.27. The van der Waals surface area contributed by atoms with Crippen LogP contribution in [0.1, 0.15) is 40.5 Å². The number of piperidine rings is 1. The molecule has 1 aromatic carbocycles. The van der Waals surface area contributed by atoms with Crippen molar-refractivity contribution >= 4 is 10.9 Å². The van der Waals surface area contributed by atoms with Gasteiger partial charge in [-0.1, -0.05) is 17.3 Å². The number of benzene rings is 1. The van der Waals surface area contributed by atoms with Gasteiger partial charge in [0.2, 0.25) is 0 Å². The number of likely N-dealkylation sites (tertiary alicyclic amines) is 1. The molecular formula is C21H25N3O. The summed E-state index contributed by atoms with van der Waals surface area (Å²) in [5.74, 6) is 2.26. The zero-order chi connectivity index (χ0) is 17.1. The van der Waals surface area contributed by atoms with Crippen LogP contribution >= 0.6 is 0 Å². The standard InChI is InChI=1S/C21H25N3O/c1-12-17(13(2)25-23-12)7-14-8-18-16-5-4-6-19-21(16)15(10-22-19)9-20(18)24(3)11-14/h4-6,10,14,18,20,22H,7-9,11H2,1-3H3/t14-,18+,20+/m0/s1. The van der Waals surface area contributed by atoms with E-state index in [4.69, 9.17) is 4.52 Å². The average Bonchev–Trinajstić information content (AvgIpc) is 3.16. The first-order valence-corrected chi connectivity index (χ1v) is 9.32. The second-order valence-corrected chi connectivity index (χ2v) is 8.01. The van der Waals surface area contributed by atoms with Gasteiger partial charge in [0.05, 0.1) is 5.69 Å². The van der Waals surface area contributed by atoms with Crippen LogP contribution < -0.4 is 0 Å². The summed E-state index contributed by atoms with van der Waals surface area (Å²) < 4.78 is 5.39. The van der Waals surface area contributed by atoms with Crippen LogP contribution in [0.2, 0.25) is 0 Å². The van der Waals surface area contributed by atoms with E-state index in [1.807, 2.05) is 6.92 Å². The van der Waals surface area contributed by atoms with Crippen LogP contribution in [0.4, 0.5) is 0 Å². The highest BCUT2D eigenvalue weighted by atomic mass is 16.5. The van der Waals surface area contributed by atoms with Crippen LogP contribution in [-0.2, 0) is 12.8 Å². The Hall–Kier alpha value is -2.07. The lowest BCUT2D eigenvalue weighted by Crippen LogP contribution is -2.48. The fraction of sp³-hybridized carbons (Fsp3) is 0.476. The van der Waals surface area contributed by atoms with Crippen molar-refractivity contribution < 1.29 is 4.52 Å². The summed E-state index contributed by atoms with van der Waals surface area (Å²) in [7, 11) is 2.30. The Kier molecular flexibility index (Phi) is 3.32. The zero-order valence-electron chi connectivity index (χ0n) is 15.2. The third-order valence-electron chi connectivity index (χ3n) is 6.49. The highest BCUT2D eigenvalue weighted by Gasteiger charge is 2.39. The fourth-order valence-electron chi connectivity index (χ4n) is 5.28. The SMILES string of the molecule is Cc1noc(C)c1C[C@H]1C[C@@H]2c3cccc4[nH]cc(c34)C[C@H]2N(C)C1. The molecule has 130 valence electrons. The molecular weight excluding hydrogens is 310 g/mol. The molecule has 3 heterocycles. The number of rotatable bonds is 2. The molecule has 0 bridgehead atoms. The Morgan fingerprint density at radius 3 is 3.00 bits per heavy atom. The molecule has 0 saturated carbocycles. The van der Waals surface area contributed by atoms with Gasteiger partial charge in [-0.25, -0.2) is 0 Å². The quantitative estimate of drug-likeness (QED) is 0.770. The summed E-state index contributed by atoms with van der Waals surface area (Å²) in [5, 5.41) is 5.63. The molecule has 0 unspecified atom stereocenters. The number of aryl methyl sites for hydroxylation is 2.